The molecule has 2 aromatic heterocycles. The average Bonchev–Trinajstić information content (AvgIpc) is 2.60. The van der Waals surface area contributed by atoms with Crippen molar-refractivity contribution in [2.75, 3.05) is 0 Å². The number of aryl methyl sites for hydroxylation is 4. The van der Waals surface area contributed by atoms with Crippen LogP contribution in [0.2, 0.25) is 5.02 Å². The molecule has 1 aromatic carbocycles. The van der Waals surface area contributed by atoms with E-state index in [2.05, 4.69) is 9.97 Å². The van der Waals surface area contributed by atoms with Crippen molar-refractivity contribution in [2.24, 2.45) is 0 Å². The highest BCUT2D eigenvalue weighted by Crippen LogP contribution is 2.19. The minimum absolute atomic E-state index is 0.0471. The first-order valence-electron chi connectivity index (χ1n) is 8.33. The number of pyridine rings is 2. The van der Waals surface area contributed by atoms with E-state index in [-0.39, 0.29) is 21.6 Å². The maximum atomic E-state index is 13.7. The molecular formula is C20H17ClF2N2O2. The molecule has 2 heterocycles. The van der Waals surface area contributed by atoms with Gasteiger partial charge in [0.15, 0.2) is 5.43 Å². The number of halogens is 3. The number of rotatable bonds is 4. The smallest absolute Gasteiger partial charge is 0.208 e. The summed E-state index contributed by atoms with van der Waals surface area (Å²) < 4.78 is 26.7. The van der Waals surface area contributed by atoms with Crippen LogP contribution in [0.25, 0.3) is 11.1 Å². The molecule has 2 N–H and O–H groups in total. The Morgan fingerprint density at radius 2 is 1.78 bits per heavy atom. The Morgan fingerprint density at radius 1 is 1.04 bits per heavy atom. The number of hydrogen-bond donors (Lipinski definition) is 2. The number of aromatic nitrogens is 2. The fraction of sp³-hybridized carbons (Fsp3) is 0.200. The van der Waals surface area contributed by atoms with Crippen molar-refractivity contribution >= 4 is 11.6 Å². The van der Waals surface area contributed by atoms with Gasteiger partial charge in [0.1, 0.15) is 16.7 Å². The van der Waals surface area contributed by atoms with Gasteiger partial charge in [-0.1, -0.05) is 17.7 Å². The van der Waals surface area contributed by atoms with Gasteiger partial charge in [-0.25, -0.2) is 8.78 Å². The second kappa shape index (κ2) is 7.48. The molecule has 0 aliphatic rings. The lowest BCUT2D eigenvalue weighted by Gasteiger charge is -2.09. The monoisotopic (exact) mass is 390 g/mol. The van der Waals surface area contributed by atoms with Crippen LogP contribution in [0.1, 0.15) is 22.6 Å². The molecule has 0 aliphatic carbocycles. The highest BCUT2D eigenvalue weighted by Gasteiger charge is 2.16. The molecule has 3 aromatic rings. The van der Waals surface area contributed by atoms with Gasteiger partial charge in [0, 0.05) is 35.4 Å². The molecule has 7 heteroatoms. The quantitative estimate of drug-likeness (QED) is 0.705. The molecule has 140 valence electrons. The second-order valence-electron chi connectivity index (χ2n) is 6.37. The first kappa shape index (κ1) is 19.0. The fourth-order valence-electron chi connectivity index (χ4n) is 3.02. The van der Waals surface area contributed by atoms with Gasteiger partial charge in [-0.15, -0.1) is 0 Å². The molecule has 0 unspecified atom stereocenters. The van der Waals surface area contributed by atoms with E-state index in [1.54, 1.807) is 13.8 Å². The molecular weight excluding hydrogens is 374 g/mol. The maximum Gasteiger partial charge on any atom is 0.208 e. The number of aromatic amines is 2. The average molecular weight is 391 g/mol. The lowest BCUT2D eigenvalue weighted by atomic mass is 10.0. The number of benzene rings is 1. The molecule has 0 amide bonds. The molecule has 3 rings (SSSR count). The Hall–Kier alpha value is -2.73. The Balaban J connectivity index is 1.90. The Labute approximate surface area is 158 Å². The second-order valence-corrected chi connectivity index (χ2v) is 6.74. The van der Waals surface area contributed by atoms with E-state index in [1.165, 1.54) is 24.4 Å². The third-order valence-corrected chi connectivity index (χ3v) is 4.88. The SMILES string of the molecule is Cc1[nH]c(C)c(-c2c[nH]c(CCc3ccc(F)cc3F)cc2=O)c(=O)c1Cl. The van der Waals surface area contributed by atoms with Gasteiger partial charge in [0.05, 0.1) is 11.1 Å². The summed E-state index contributed by atoms with van der Waals surface area (Å²) >= 11 is 6.01. The zero-order valence-electron chi connectivity index (χ0n) is 14.8. The van der Waals surface area contributed by atoms with Crippen molar-refractivity contribution in [3.05, 3.63) is 90.2 Å². The highest BCUT2D eigenvalue weighted by atomic mass is 35.5. The zero-order chi connectivity index (χ0) is 19.7. The predicted octanol–water partition coefficient (Wildman–Crippen LogP) is 4.06. The Bertz CT molecular complexity index is 1140. The molecule has 0 spiro atoms. The topological polar surface area (TPSA) is 65.7 Å². The summed E-state index contributed by atoms with van der Waals surface area (Å²) in [6.07, 6.45) is 2.13. The van der Waals surface area contributed by atoms with Gasteiger partial charge in [-0.3, -0.25) is 9.59 Å². The zero-order valence-corrected chi connectivity index (χ0v) is 15.5. The van der Waals surface area contributed by atoms with Gasteiger partial charge in [-0.2, -0.15) is 0 Å². The fourth-order valence-corrected chi connectivity index (χ4v) is 3.16. The molecule has 0 bridgehead atoms. The van der Waals surface area contributed by atoms with Crippen molar-refractivity contribution in [1.82, 2.24) is 9.97 Å². The molecule has 0 atom stereocenters. The largest absolute Gasteiger partial charge is 0.364 e. The van der Waals surface area contributed by atoms with Crippen molar-refractivity contribution < 1.29 is 8.78 Å². The van der Waals surface area contributed by atoms with Crippen LogP contribution in [-0.4, -0.2) is 9.97 Å². The molecule has 0 saturated carbocycles. The highest BCUT2D eigenvalue weighted by molar-refractivity contribution is 6.31. The minimum Gasteiger partial charge on any atom is -0.364 e. The summed E-state index contributed by atoms with van der Waals surface area (Å²) in [4.78, 5) is 30.9. The summed E-state index contributed by atoms with van der Waals surface area (Å²) in [5, 5.41) is 0.0471. The van der Waals surface area contributed by atoms with Crippen LogP contribution < -0.4 is 10.9 Å². The Morgan fingerprint density at radius 3 is 2.44 bits per heavy atom. The van der Waals surface area contributed by atoms with E-state index in [9.17, 15) is 18.4 Å². The minimum atomic E-state index is -0.633. The standard InChI is InChI=1S/C20H17ClF2N2O2/c1-10-18(20(27)19(21)11(2)25-10)15-9-24-14(8-17(15)26)6-4-12-3-5-13(22)7-16(12)23/h3,5,7-9H,4,6H2,1-2H3,(H,24,26)(H,25,27). The van der Waals surface area contributed by atoms with Crippen LogP contribution in [0, 0.1) is 25.5 Å². The molecule has 0 aliphatic heterocycles. The number of hydrogen-bond acceptors (Lipinski definition) is 2. The molecule has 0 saturated heterocycles. The van der Waals surface area contributed by atoms with Crippen LogP contribution in [0.5, 0.6) is 0 Å². The number of nitrogens with one attached hydrogen (secondary N) is 2. The van der Waals surface area contributed by atoms with Gasteiger partial charge in [0.2, 0.25) is 5.43 Å². The van der Waals surface area contributed by atoms with Crippen molar-refractivity contribution in [3.8, 4) is 11.1 Å². The van der Waals surface area contributed by atoms with Crippen LogP contribution in [-0.2, 0) is 12.8 Å². The first-order chi connectivity index (χ1) is 12.8. The van der Waals surface area contributed by atoms with E-state index in [0.29, 0.717) is 35.5 Å². The van der Waals surface area contributed by atoms with Crippen molar-refractivity contribution in [2.45, 2.75) is 26.7 Å². The lowest BCUT2D eigenvalue weighted by Crippen LogP contribution is -2.17. The van der Waals surface area contributed by atoms with E-state index in [1.807, 2.05) is 0 Å². The Kier molecular flexibility index (Phi) is 5.28. The van der Waals surface area contributed by atoms with E-state index >= 15 is 0 Å². The normalized spacial score (nSPS) is 11.0. The van der Waals surface area contributed by atoms with Crippen LogP contribution >= 0.6 is 11.6 Å². The van der Waals surface area contributed by atoms with Gasteiger partial charge in [-0.05, 0) is 38.3 Å². The van der Waals surface area contributed by atoms with Crippen LogP contribution in [0.15, 0.2) is 40.1 Å². The summed E-state index contributed by atoms with van der Waals surface area (Å²) in [7, 11) is 0. The third kappa shape index (κ3) is 3.85. The van der Waals surface area contributed by atoms with Gasteiger partial charge < -0.3 is 9.97 Å². The summed E-state index contributed by atoms with van der Waals surface area (Å²) in [6, 6.07) is 4.79. The van der Waals surface area contributed by atoms with Crippen molar-refractivity contribution in [3.63, 3.8) is 0 Å². The molecule has 27 heavy (non-hydrogen) atoms. The summed E-state index contributed by atoms with van der Waals surface area (Å²) in [5.74, 6) is -1.25. The van der Waals surface area contributed by atoms with Crippen molar-refractivity contribution in [1.29, 1.82) is 0 Å². The number of H-pyrrole nitrogens is 2. The maximum absolute atomic E-state index is 13.7. The third-order valence-electron chi connectivity index (χ3n) is 4.43. The summed E-state index contributed by atoms with van der Waals surface area (Å²) in [5.41, 5.74) is 1.73. The molecule has 0 fully saturated rings. The van der Waals surface area contributed by atoms with Gasteiger partial charge >= 0.3 is 0 Å². The van der Waals surface area contributed by atoms with Crippen LogP contribution in [0.4, 0.5) is 8.78 Å². The van der Waals surface area contributed by atoms with Gasteiger partial charge in [0.25, 0.3) is 0 Å². The van der Waals surface area contributed by atoms with E-state index < -0.39 is 17.1 Å². The van der Waals surface area contributed by atoms with E-state index in [4.69, 9.17) is 11.6 Å². The first-order valence-corrected chi connectivity index (χ1v) is 8.70. The molecule has 4 nitrogen and oxygen atoms in total. The summed E-state index contributed by atoms with van der Waals surface area (Å²) in [6.45, 7) is 3.38. The lowest BCUT2D eigenvalue weighted by molar-refractivity contribution is 0.571. The molecule has 0 radical (unpaired) electrons. The van der Waals surface area contributed by atoms with E-state index in [0.717, 1.165) is 6.07 Å². The predicted molar refractivity (Wildman–Crippen MR) is 101 cm³/mol. The van der Waals surface area contributed by atoms with Crippen LogP contribution in [0.3, 0.4) is 0 Å².